The van der Waals surface area contributed by atoms with Crippen LogP contribution in [0.15, 0.2) is 12.1 Å². The van der Waals surface area contributed by atoms with E-state index in [4.69, 9.17) is 28.3 Å². The quantitative estimate of drug-likeness (QED) is 0.412. The first-order valence-electron chi connectivity index (χ1n) is 13.7. The van der Waals surface area contributed by atoms with E-state index in [1.807, 2.05) is 53.7 Å². The normalized spacial score (nSPS) is 19.9. The minimum Gasteiger partial charge on any atom is -0.493 e. The van der Waals surface area contributed by atoms with Crippen molar-refractivity contribution < 1.29 is 33.1 Å². The molecule has 2 aliphatic rings. The van der Waals surface area contributed by atoms with E-state index in [0.717, 1.165) is 24.7 Å². The van der Waals surface area contributed by atoms with E-state index in [0.29, 0.717) is 42.9 Å². The topological polar surface area (TPSA) is 75.7 Å². The first-order chi connectivity index (χ1) is 17.5. The van der Waals surface area contributed by atoms with Crippen LogP contribution in [0.2, 0.25) is 0 Å². The molecule has 0 N–H and O–H groups in total. The molecule has 0 saturated carbocycles. The van der Waals surface area contributed by atoms with Crippen LogP contribution in [-0.4, -0.2) is 68.8 Å². The van der Waals surface area contributed by atoms with Gasteiger partial charge in [-0.2, -0.15) is 0 Å². The second kappa shape index (κ2) is 11.2. The summed E-state index contributed by atoms with van der Waals surface area (Å²) in [6.45, 7) is 20.3. The Hall–Kier alpha value is -2.13. The Morgan fingerprint density at radius 3 is 1.92 bits per heavy atom. The number of piperidine rings is 1. The van der Waals surface area contributed by atoms with Crippen LogP contribution in [0, 0.1) is 11.3 Å². The molecule has 2 aliphatic heterocycles. The summed E-state index contributed by atoms with van der Waals surface area (Å²) in [5.74, 6) is 1.99. The molecule has 2 fully saturated rings. The fourth-order valence-electron chi connectivity index (χ4n) is 5.26. The minimum absolute atomic E-state index is 0.0821. The third kappa shape index (κ3) is 7.29. The van der Waals surface area contributed by atoms with Gasteiger partial charge in [-0.05, 0) is 89.7 Å². The van der Waals surface area contributed by atoms with Gasteiger partial charge in [0.05, 0.1) is 32.0 Å². The average Bonchev–Trinajstić information content (AvgIpc) is 3.02. The number of nitrogens with zero attached hydrogens (tertiary/aromatic N) is 1. The van der Waals surface area contributed by atoms with Crippen LogP contribution >= 0.6 is 0 Å². The molecule has 2 heterocycles. The maximum Gasteiger partial charge on any atom is 0.495 e. The van der Waals surface area contributed by atoms with Gasteiger partial charge in [0.25, 0.3) is 0 Å². The molecule has 0 bridgehead atoms. The number of carbonyl (C=O) groups is 1. The Bertz CT molecular complexity index is 937. The van der Waals surface area contributed by atoms with Gasteiger partial charge in [0.1, 0.15) is 5.60 Å². The number of benzene rings is 1. The van der Waals surface area contributed by atoms with Crippen molar-refractivity contribution in [2.24, 2.45) is 11.3 Å². The summed E-state index contributed by atoms with van der Waals surface area (Å²) < 4.78 is 35.9. The van der Waals surface area contributed by atoms with Crippen LogP contribution in [-0.2, 0) is 14.0 Å². The summed E-state index contributed by atoms with van der Waals surface area (Å²) in [6, 6.07) is 3.77. The lowest BCUT2D eigenvalue weighted by Gasteiger charge is -2.36. The largest absolute Gasteiger partial charge is 0.495 e. The Morgan fingerprint density at radius 2 is 1.47 bits per heavy atom. The second-order valence-corrected chi connectivity index (χ2v) is 13.4. The second-order valence-electron chi connectivity index (χ2n) is 13.4. The van der Waals surface area contributed by atoms with Crippen molar-refractivity contribution in [1.29, 1.82) is 0 Å². The lowest BCUT2D eigenvalue weighted by atomic mass is 9.78. The number of methoxy groups -OCH3 is 2. The van der Waals surface area contributed by atoms with E-state index in [1.165, 1.54) is 0 Å². The highest BCUT2D eigenvalue weighted by molar-refractivity contribution is 6.62. The third-order valence-corrected chi connectivity index (χ3v) is 7.66. The zero-order valence-electron chi connectivity index (χ0n) is 25.4. The zero-order valence-corrected chi connectivity index (χ0v) is 25.4. The van der Waals surface area contributed by atoms with Gasteiger partial charge in [-0.15, -0.1) is 0 Å². The van der Waals surface area contributed by atoms with Crippen molar-refractivity contribution in [3.8, 4) is 17.2 Å². The van der Waals surface area contributed by atoms with Gasteiger partial charge in [-0.1, -0.05) is 20.8 Å². The molecule has 0 atom stereocenters. The minimum atomic E-state index is -0.533. The van der Waals surface area contributed by atoms with Crippen LogP contribution in [0.3, 0.4) is 0 Å². The molecule has 9 heteroatoms. The molecule has 214 valence electrons. The van der Waals surface area contributed by atoms with Crippen LogP contribution in [0.5, 0.6) is 17.2 Å². The third-order valence-electron chi connectivity index (χ3n) is 7.66. The fraction of sp³-hybridized carbons (Fsp3) is 0.759. The molecule has 0 unspecified atom stereocenters. The molecule has 8 nitrogen and oxygen atoms in total. The number of likely N-dealkylation sites (tertiary alicyclic amines) is 1. The van der Waals surface area contributed by atoms with E-state index in [2.05, 4.69) is 20.8 Å². The standard InChI is InChI=1S/C29H48BNO7/c1-26(2,3)19-27(4,5)36-25(32)31-14-12-20(13-15-31)18-35-24-22(33-10)16-21(17-23(24)34-11)30-37-28(6,7)29(8,9)38-30/h16-17,20H,12-15,18-19H2,1-11H3. The molecule has 38 heavy (non-hydrogen) atoms. The van der Waals surface area contributed by atoms with E-state index >= 15 is 0 Å². The number of hydrogen-bond donors (Lipinski definition) is 0. The molecule has 0 aromatic heterocycles. The number of hydrogen-bond acceptors (Lipinski definition) is 7. The summed E-state index contributed by atoms with van der Waals surface area (Å²) in [4.78, 5) is 14.6. The van der Waals surface area contributed by atoms with E-state index in [9.17, 15) is 4.79 Å². The predicted molar refractivity (Wildman–Crippen MR) is 150 cm³/mol. The van der Waals surface area contributed by atoms with Crippen LogP contribution < -0.4 is 19.7 Å². The Balaban J connectivity index is 1.60. The highest BCUT2D eigenvalue weighted by Gasteiger charge is 2.52. The van der Waals surface area contributed by atoms with E-state index < -0.39 is 23.9 Å². The molecule has 1 aromatic carbocycles. The highest BCUT2D eigenvalue weighted by atomic mass is 16.7. The van der Waals surface area contributed by atoms with Crippen LogP contribution in [0.4, 0.5) is 4.79 Å². The van der Waals surface area contributed by atoms with E-state index in [-0.39, 0.29) is 11.5 Å². The smallest absolute Gasteiger partial charge is 0.493 e. The molecule has 0 spiro atoms. The highest BCUT2D eigenvalue weighted by Crippen LogP contribution is 2.40. The fourth-order valence-corrected chi connectivity index (χ4v) is 5.26. The van der Waals surface area contributed by atoms with Gasteiger partial charge in [-0.3, -0.25) is 0 Å². The molecule has 2 saturated heterocycles. The molecule has 3 rings (SSSR count). The first-order valence-corrected chi connectivity index (χ1v) is 13.7. The number of rotatable bonds is 8. The van der Waals surface area contributed by atoms with E-state index in [1.54, 1.807) is 19.1 Å². The maximum absolute atomic E-state index is 12.8. The average molecular weight is 534 g/mol. The lowest BCUT2D eigenvalue weighted by Crippen LogP contribution is -2.44. The van der Waals surface area contributed by atoms with Gasteiger partial charge >= 0.3 is 13.2 Å². The predicted octanol–water partition coefficient (Wildman–Crippen LogP) is 5.45. The maximum atomic E-state index is 12.8. The lowest BCUT2D eigenvalue weighted by molar-refractivity contribution is -0.0149. The van der Waals surface area contributed by atoms with Gasteiger partial charge < -0.3 is 33.2 Å². The monoisotopic (exact) mass is 533 g/mol. The van der Waals surface area contributed by atoms with Crippen molar-refractivity contribution in [3.05, 3.63) is 12.1 Å². The van der Waals surface area contributed by atoms with Crippen LogP contribution in [0.1, 0.15) is 81.6 Å². The summed E-state index contributed by atoms with van der Waals surface area (Å²) in [7, 11) is 2.69. The first kappa shape index (κ1) is 30.4. The summed E-state index contributed by atoms with van der Waals surface area (Å²) in [5, 5.41) is 0. The van der Waals surface area contributed by atoms with Crippen molar-refractivity contribution in [2.75, 3.05) is 33.9 Å². The summed E-state index contributed by atoms with van der Waals surface area (Å²) in [6.07, 6.45) is 2.24. The Morgan fingerprint density at radius 1 is 0.974 bits per heavy atom. The van der Waals surface area contributed by atoms with Gasteiger partial charge in [0.15, 0.2) is 11.5 Å². The van der Waals surface area contributed by atoms with Crippen molar-refractivity contribution in [2.45, 2.75) is 98.4 Å². The number of carbonyl (C=O) groups excluding carboxylic acids is 1. The summed E-state index contributed by atoms with van der Waals surface area (Å²) >= 11 is 0. The SMILES string of the molecule is COc1cc(B2OC(C)(C)C(C)(C)O2)cc(OC)c1OCC1CCN(C(=O)OC(C)(C)CC(C)(C)C)CC1. The molecule has 1 amide bonds. The van der Waals surface area contributed by atoms with Crippen molar-refractivity contribution >= 4 is 18.7 Å². The van der Waals surface area contributed by atoms with Crippen molar-refractivity contribution in [1.82, 2.24) is 4.90 Å². The number of amides is 1. The molecule has 1 aromatic rings. The summed E-state index contributed by atoms with van der Waals surface area (Å²) in [5.41, 5.74) is -0.507. The molecule has 0 radical (unpaired) electrons. The van der Waals surface area contributed by atoms with Crippen molar-refractivity contribution in [3.63, 3.8) is 0 Å². The Kier molecular flexibility index (Phi) is 8.94. The van der Waals surface area contributed by atoms with Gasteiger partial charge in [-0.25, -0.2) is 4.79 Å². The molecular formula is C29H48BNO7. The Labute approximate surface area is 229 Å². The molecular weight excluding hydrogens is 485 g/mol. The number of ether oxygens (including phenoxy) is 4. The van der Waals surface area contributed by atoms with Gasteiger partial charge in [0.2, 0.25) is 5.75 Å². The van der Waals surface area contributed by atoms with Gasteiger partial charge in [0, 0.05) is 13.1 Å². The molecule has 0 aliphatic carbocycles. The zero-order chi connectivity index (χ0) is 28.5. The van der Waals surface area contributed by atoms with Crippen LogP contribution in [0.25, 0.3) is 0 Å².